The molecule has 0 aliphatic carbocycles. The van der Waals surface area contributed by atoms with E-state index in [0.29, 0.717) is 6.41 Å². The first-order valence-corrected chi connectivity index (χ1v) is 7.59. The van der Waals surface area contributed by atoms with Crippen LogP contribution in [0.3, 0.4) is 0 Å². The Morgan fingerprint density at radius 2 is 2.17 bits per heavy atom. The number of ether oxygens (including phenoxy) is 1. The van der Waals surface area contributed by atoms with Gasteiger partial charge in [0.2, 0.25) is 12.1 Å². The number of rotatable bonds is 8. The fourth-order valence-electron chi connectivity index (χ4n) is 1.32. The number of anilines is 1. The Morgan fingerprint density at radius 3 is 2.75 bits per heavy atom. The molecule has 0 bridgehead atoms. The minimum absolute atomic E-state index is 0.0490. The lowest BCUT2D eigenvalue weighted by atomic mass is 10.2. The molecule has 0 radical (unpaired) electrons. The maximum atomic E-state index is 11.4. The van der Waals surface area contributed by atoms with Crippen molar-refractivity contribution in [3.05, 3.63) is 23.2 Å². The number of carboxylic acid groups (broad SMARTS) is 1. The molecule has 1 amide bonds. The molecule has 0 unspecified atom stereocenters. The second-order valence-electron chi connectivity index (χ2n) is 5.28. The molecule has 1 rings (SSSR count). The molecule has 1 aromatic heterocycles. The minimum Gasteiger partial charge on any atom is -0.476 e. The van der Waals surface area contributed by atoms with Gasteiger partial charge in [-0.1, -0.05) is 5.16 Å². The monoisotopic (exact) mass is 355 g/mol. The predicted octanol–water partition coefficient (Wildman–Crippen LogP) is 1.41. The normalized spacial score (nSPS) is 12.0. The van der Waals surface area contributed by atoms with Crippen LogP contribution in [0.25, 0.3) is 0 Å². The van der Waals surface area contributed by atoms with E-state index in [1.807, 2.05) is 0 Å². The van der Waals surface area contributed by atoms with Crippen LogP contribution >= 0.6 is 11.3 Å². The number of aliphatic carboxylic acids is 1. The van der Waals surface area contributed by atoms with Gasteiger partial charge in [-0.25, -0.2) is 14.6 Å². The number of carboxylic acids is 1. The van der Waals surface area contributed by atoms with E-state index in [4.69, 9.17) is 14.7 Å². The zero-order valence-electron chi connectivity index (χ0n) is 13.3. The van der Waals surface area contributed by atoms with Gasteiger partial charge >= 0.3 is 11.9 Å². The Hall–Kier alpha value is -2.75. The molecule has 0 spiro atoms. The fourth-order valence-corrected chi connectivity index (χ4v) is 1.97. The van der Waals surface area contributed by atoms with Crippen LogP contribution in [0, 0.1) is 0 Å². The van der Waals surface area contributed by atoms with Crippen molar-refractivity contribution in [3.8, 4) is 0 Å². The van der Waals surface area contributed by atoms with Gasteiger partial charge < -0.3 is 20.0 Å². The van der Waals surface area contributed by atoms with E-state index in [1.54, 1.807) is 20.8 Å². The maximum absolute atomic E-state index is 11.4. The number of esters is 1. The number of carbonyl (C=O) groups excluding carboxylic acids is 2. The highest BCUT2D eigenvalue weighted by Crippen LogP contribution is 2.15. The summed E-state index contributed by atoms with van der Waals surface area (Å²) < 4.78 is 5.04. The van der Waals surface area contributed by atoms with E-state index in [9.17, 15) is 14.4 Å². The van der Waals surface area contributed by atoms with E-state index >= 15 is 0 Å². The van der Waals surface area contributed by atoms with Crippen molar-refractivity contribution >= 4 is 40.5 Å². The van der Waals surface area contributed by atoms with Crippen LogP contribution in [0.4, 0.5) is 5.13 Å². The van der Waals surface area contributed by atoms with Crippen LogP contribution in [0.2, 0.25) is 0 Å². The Morgan fingerprint density at radius 1 is 1.46 bits per heavy atom. The zero-order valence-corrected chi connectivity index (χ0v) is 14.1. The highest BCUT2D eigenvalue weighted by Gasteiger charge is 2.17. The zero-order chi connectivity index (χ0) is 18.2. The molecule has 24 heavy (non-hydrogen) atoms. The van der Waals surface area contributed by atoms with Gasteiger partial charge in [-0.05, 0) is 26.8 Å². The summed E-state index contributed by atoms with van der Waals surface area (Å²) >= 11 is 1.04. The number of carbonyl (C=O) groups is 3. The molecule has 0 aliphatic heterocycles. The van der Waals surface area contributed by atoms with Gasteiger partial charge in [0.05, 0.1) is 0 Å². The van der Waals surface area contributed by atoms with Gasteiger partial charge in [-0.15, -0.1) is 11.3 Å². The average molecular weight is 355 g/mol. The maximum Gasteiger partial charge on any atom is 0.360 e. The molecule has 1 aromatic rings. The van der Waals surface area contributed by atoms with E-state index in [2.05, 4.69) is 15.5 Å². The van der Waals surface area contributed by atoms with Crippen LogP contribution in [0.15, 0.2) is 22.7 Å². The van der Waals surface area contributed by atoms with Crippen molar-refractivity contribution in [2.24, 2.45) is 5.16 Å². The molecule has 0 saturated carbocycles. The third kappa shape index (κ3) is 7.01. The Kier molecular flexibility index (Phi) is 7.05. The minimum atomic E-state index is -1.34. The van der Waals surface area contributed by atoms with Crippen molar-refractivity contribution in [3.63, 3.8) is 0 Å². The first-order valence-electron chi connectivity index (χ1n) is 6.72. The second kappa shape index (κ2) is 8.77. The summed E-state index contributed by atoms with van der Waals surface area (Å²) in [7, 11) is 0. The lowest BCUT2D eigenvalue weighted by Crippen LogP contribution is -2.22. The van der Waals surface area contributed by atoms with Crippen LogP contribution in [0.1, 0.15) is 26.5 Å². The van der Waals surface area contributed by atoms with Crippen molar-refractivity contribution in [2.75, 3.05) is 11.9 Å². The number of nitrogens with zero attached hydrogens (tertiary/aromatic N) is 2. The lowest BCUT2D eigenvalue weighted by molar-refractivity contribution is -0.148. The number of aromatic nitrogens is 1. The molecule has 2 N–H and O–H groups in total. The third-order valence-electron chi connectivity index (χ3n) is 2.12. The quantitative estimate of drug-likeness (QED) is 0.180. The first-order chi connectivity index (χ1) is 11.2. The van der Waals surface area contributed by atoms with Gasteiger partial charge in [-0.3, -0.25) is 4.79 Å². The number of amides is 1. The van der Waals surface area contributed by atoms with Crippen molar-refractivity contribution < 1.29 is 29.1 Å². The molecule has 0 aliphatic rings. The van der Waals surface area contributed by atoms with Gasteiger partial charge in [-0.2, -0.15) is 0 Å². The first kappa shape index (κ1) is 19.3. The Labute approximate surface area is 142 Å². The summed E-state index contributed by atoms with van der Waals surface area (Å²) in [5, 5.41) is 16.5. The van der Waals surface area contributed by atoms with E-state index in [1.165, 1.54) is 11.5 Å². The van der Waals surface area contributed by atoms with Gasteiger partial charge in [0.25, 0.3) is 0 Å². The Bertz CT molecular complexity index is 660. The lowest BCUT2D eigenvalue weighted by Gasteiger charge is -2.17. The van der Waals surface area contributed by atoms with Crippen LogP contribution < -0.4 is 5.32 Å². The van der Waals surface area contributed by atoms with E-state index < -0.39 is 23.3 Å². The summed E-state index contributed by atoms with van der Waals surface area (Å²) in [5.74, 6) is -1.88. The number of nitrogens with one attached hydrogen (secondary N) is 1. The summed E-state index contributed by atoms with van der Waals surface area (Å²) in [6.45, 7) is 5.08. The smallest absolute Gasteiger partial charge is 0.360 e. The van der Waals surface area contributed by atoms with Gasteiger partial charge in [0, 0.05) is 11.5 Å². The summed E-state index contributed by atoms with van der Waals surface area (Å²) in [5.41, 5.74) is -0.974. The third-order valence-corrected chi connectivity index (χ3v) is 2.89. The van der Waals surface area contributed by atoms with Crippen LogP contribution in [-0.4, -0.2) is 46.4 Å². The molecule has 0 saturated heterocycles. The molecule has 0 atom stereocenters. The number of thiazole rings is 1. The van der Waals surface area contributed by atoms with Crippen molar-refractivity contribution in [1.29, 1.82) is 0 Å². The van der Waals surface area contributed by atoms with Crippen molar-refractivity contribution in [1.82, 2.24) is 4.98 Å². The summed E-state index contributed by atoms with van der Waals surface area (Å²) in [4.78, 5) is 41.6. The molecule has 1 heterocycles. The molecule has 0 fully saturated rings. The summed E-state index contributed by atoms with van der Waals surface area (Å²) in [6.07, 6.45) is 2.94. The molecular formula is C14H17N3O6S. The fraction of sp³-hybridized carbons (Fsp3) is 0.357. The highest BCUT2D eigenvalue weighted by molar-refractivity contribution is 7.14. The molecule has 0 aromatic carbocycles. The van der Waals surface area contributed by atoms with Gasteiger partial charge in [0.1, 0.15) is 17.9 Å². The molecule has 130 valence electrons. The highest BCUT2D eigenvalue weighted by atomic mass is 32.1. The van der Waals surface area contributed by atoms with E-state index in [0.717, 1.165) is 17.4 Å². The average Bonchev–Trinajstić information content (AvgIpc) is 2.89. The molecular weight excluding hydrogens is 338 g/mol. The molecule has 10 heteroatoms. The second-order valence-corrected chi connectivity index (χ2v) is 6.13. The predicted molar refractivity (Wildman–Crippen MR) is 86.9 cm³/mol. The SMILES string of the molecule is CC(C)(C)OC(=O)/C=C/CO/N=C(\C(=O)O)c1csc(NC=O)n1. The van der Waals surface area contributed by atoms with Crippen LogP contribution in [-0.2, 0) is 24.0 Å². The van der Waals surface area contributed by atoms with Crippen molar-refractivity contribution in [2.45, 2.75) is 26.4 Å². The van der Waals surface area contributed by atoms with Crippen LogP contribution in [0.5, 0.6) is 0 Å². The van der Waals surface area contributed by atoms with Gasteiger partial charge in [0.15, 0.2) is 5.13 Å². The number of oxime groups is 1. The molecule has 9 nitrogen and oxygen atoms in total. The summed E-state index contributed by atoms with van der Waals surface area (Å²) in [6, 6.07) is 0. The largest absolute Gasteiger partial charge is 0.476 e. The number of hydrogen-bond donors (Lipinski definition) is 2. The van der Waals surface area contributed by atoms with E-state index in [-0.39, 0.29) is 17.4 Å². The Balaban J connectivity index is 2.62. The topological polar surface area (TPSA) is 127 Å². The number of hydrogen-bond acceptors (Lipinski definition) is 8. The standard InChI is InChI=1S/C14H17N3O6S/c1-14(2,3)23-10(19)5-4-6-22-17-11(12(20)21)9-7-24-13(16-9)15-8-18/h4-5,7-8H,6H2,1-3H3,(H,20,21)(H,15,16,18)/b5-4+,17-11-.